The van der Waals surface area contributed by atoms with Gasteiger partial charge in [0.2, 0.25) is 11.8 Å². The fourth-order valence-electron chi connectivity index (χ4n) is 3.39. The minimum Gasteiger partial charge on any atom is -0.340 e. The predicted molar refractivity (Wildman–Crippen MR) is 109 cm³/mol. The lowest BCUT2D eigenvalue weighted by molar-refractivity contribution is -0.133. The molecule has 0 saturated carbocycles. The number of benzene rings is 1. The molecule has 1 fully saturated rings. The van der Waals surface area contributed by atoms with Gasteiger partial charge in [0.15, 0.2) is 0 Å². The molecular weight excluding hydrogens is 373 g/mol. The molecule has 2 amide bonds. The lowest BCUT2D eigenvalue weighted by atomic mass is 10.1. The van der Waals surface area contributed by atoms with Crippen molar-refractivity contribution < 1.29 is 14.0 Å². The van der Waals surface area contributed by atoms with Crippen molar-refractivity contribution in [2.75, 3.05) is 38.0 Å². The minimum atomic E-state index is -0.325. The first-order valence-electron chi connectivity index (χ1n) is 9.94. The average Bonchev–Trinajstić information content (AvgIpc) is 3.02. The molecule has 0 bridgehead atoms. The predicted octanol–water partition coefficient (Wildman–Crippen LogP) is 2.45. The smallest absolute Gasteiger partial charge is 0.239 e. The molecule has 2 aromatic rings. The van der Waals surface area contributed by atoms with E-state index in [2.05, 4.69) is 10.4 Å². The minimum absolute atomic E-state index is 0.143. The van der Waals surface area contributed by atoms with Crippen LogP contribution in [0.15, 0.2) is 30.3 Å². The van der Waals surface area contributed by atoms with Gasteiger partial charge in [-0.1, -0.05) is 13.8 Å². The lowest BCUT2D eigenvalue weighted by Crippen LogP contribution is -2.50. The van der Waals surface area contributed by atoms with Gasteiger partial charge in [-0.2, -0.15) is 5.10 Å². The highest BCUT2D eigenvalue weighted by Crippen LogP contribution is 2.18. The van der Waals surface area contributed by atoms with Crippen LogP contribution in [0.5, 0.6) is 0 Å². The maximum absolute atomic E-state index is 13.2. The largest absolute Gasteiger partial charge is 0.340 e. The summed E-state index contributed by atoms with van der Waals surface area (Å²) in [5, 5.41) is 7.28. The standard InChI is InChI=1S/C21H28FN5O2/c1-15(2)12-21(29)26-10-8-25(9-11-26)14-20(28)23-19-13-16(3)24-27(19)18-6-4-17(22)5-7-18/h4-7,13,15H,8-12,14H2,1-3H3,(H,23,28). The summed E-state index contributed by atoms with van der Waals surface area (Å²) in [6.45, 7) is 8.80. The maximum atomic E-state index is 13.2. The van der Waals surface area contributed by atoms with E-state index in [1.165, 1.54) is 12.1 Å². The van der Waals surface area contributed by atoms with Gasteiger partial charge in [-0.3, -0.25) is 14.5 Å². The van der Waals surface area contributed by atoms with E-state index in [1.54, 1.807) is 22.9 Å². The van der Waals surface area contributed by atoms with Crippen molar-refractivity contribution in [3.8, 4) is 5.69 Å². The Hall–Kier alpha value is -2.74. The molecule has 0 aliphatic carbocycles. The summed E-state index contributed by atoms with van der Waals surface area (Å²) >= 11 is 0. The fraction of sp³-hybridized carbons (Fsp3) is 0.476. The monoisotopic (exact) mass is 401 g/mol. The number of rotatable bonds is 6. The van der Waals surface area contributed by atoms with E-state index in [0.717, 1.165) is 5.69 Å². The van der Waals surface area contributed by atoms with Gasteiger partial charge in [0.1, 0.15) is 11.6 Å². The van der Waals surface area contributed by atoms with Gasteiger partial charge in [0.25, 0.3) is 0 Å². The molecule has 1 aromatic carbocycles. The number of nitrogens with one attached hydrogen (secondary N) is 1. The van der Waals surface area contributed by atoms with Gasteiger partial charge in [-0.15, -0.1) is 0 Å². The number of nitrogens with zero attached hydrogens (tertiary/aromatic N) is 4. The Morgan fingerprint density at radius 1 is 1.14 bits per heavy atom. The SMILES string of the molecule is Cc1cc(NC(=O)CN2CCN(C(=O)CC(C)C)CC2)n(-c2ccc(F)cc2)n1. The number of halogens is 1. The van der Waals surface area contributed by atoms with E-state index in [-0.39, 0.29) is 24.2 Å². The van der Waals surface area contributed by atoms with Crippen LogP contribution in [0.4, 0.5) is 10.2 Å². The molecule has 8 heteroatoms. The summed E-state index contributed by atoms with van der Waals surface area (Å²) in [7, 11) is 0. The third-order valence-corrected chi connectivity index (χ3v) is 4.85. The fourth-order valence-corrected chi connectivity index (χ4v) is 3.39. The molecular formula is C21H28FN5O2. The van der Waals surface area contributed by atoms with Crippen molar-refractivity contribution in [2.45, 2.75) is 27.2 Å². The second-order valence-corrected chi connectivity index (χ2v) is 7.86. The molecule has 0 spiro atoms. The van der Waals surface area contributed by atoms with Crippen LogP contribution in [0.3, 0.4) is 0 Å². The van der Waals surface area contributed by atoms with Crippen molar-refractivity contribution >= 4 is 17.6 Å². The molecule has 0 unspecified atom stereocenters. The molecule has 1 aromatic heterocycles. The Morgan fingerprint density at radius 2 is 1.79 bits per heavy atom. The van der Waals surface area contributed by atoms with E-state index < -0.39 is 0 Å². The van der Waals surface area contributed by atoms with Crippen molar-refractivity contribution in [3.63, 3.8) is 0 Å². The zero-order valence-electron chi connectivity index (χ0n) is 17.2. The van der Waals surface area contributed by atoms with Crippen LogP contribution < -0.4 is 5.32 Å². The Kier molecular flexibility index (Phi) is 6.64. The third kappa shape index (κ3) is 5.63. The number of hydrogen-bond acceptors (Lipinski definition) is 4. The zero-order valence-corrected chi connectivity index (χ0v) is 17.2. The Bertz CT molecular complexity index is 854. The Balaban J connectivity index is 1.56. The van der Waals surface area contributed by atoms with Crippen LogP contribution in [-0.2, 0) is 9.59 Å². The second-order valence-electron chi connectivity index (χ2n) is 7.86. The van der Waals surface area contributed by atoms with E-state index in [0.29, 0.717) is 50.0 Å². The van der Waals surface area contributed by atoms with Gasteiger partial charge in [0.05, 0.1) is 17.9 Å². The Labute approximate surface area is 170 Å². The summed E-state index contributed by atoms with van der Waals surface area (Å²) in [4.78, 5) is 28.6. The van der Waals surface area contributed by atoms with Crippen LogP contribution >= 0.6 is 0 Å². The molecule has 2 heterocycles. The van der Waals surface area contributed by atoms with Gasteiger partial charge in [-0.05, 0) is 37.1 Å². The molecule has 1 saturated heterocycles. The molecule has 7 nitrogen and oxygen atoms in total. The lowest BCUT2D eigenvalue weighted by Gasteiger charge is -2.34. The second kappa shape index (κ2) is 9.17. The van der Waals surface area contributed by atoms with E-state index >= 15 is 0 Å². The number of aryl methyl sites for hydroxylation is 1. The number of aromatic nitrogens is 2. The molecule has 1 aliphatic heterocycles. The molecule has 156 valence electrons. The topological polar surface area (TPSA) is 70.5 Å². The maximum Gasteiger partial charge on any atom is 0.239 e. The summed E-state index contributed by atoms with van der Waals surface area (Å²) in [6, 6.07) is 7.73. The summed E-state index contributed by atoms with van der Waals surface area (Å²) < 4.78 is 14.8. The van der Waals surface area contributed by atoms with E-state index in [9.17, 15) is 14.0 Å². The Morgan fingerprint density at radius 3 is 2.41 bits per heavy atom. The summed E-state index contributed by atoms with van der Waals surface area (Å²) in [6.07, 6.45) is 0.563. The van der Waals surface area contributed by atoms with Crippen LogP contribution in [0, 0.1) is 18.7 Å². The zero-order chi connectivity index (χ0) is 21.0. The van der Waals surface area contributed by atoms with Gasteiger partial charge < -0.3 is 10.2 Å². The van der Waals surface area contributed by atoms with Crippen LogP contribution in [-0.4, -0.2) is 64.1 Å². The molecule has 3 rings (SSSR count). The highest BCUT2D eigenvalue weighted by Gasteiger charge is 2.23. The molecule has 1 aliphatic rings. The first-order valence-corrected chi connectivity index (χ1v) is 9.94. The first kappa shape index (κ1) is 21.0. The van der Waals surface area contributed by atoms with Crippen LogP contribution in [0.25, 0.3) is 5.69 Å². The van der Waals surface area contributed by atoms with Crippen LogP contribution in [0.1, 0.15) is 26.0 Å². The normalized spacial score (nSPS) is 15.0. The molecule has 1 N–H and O–H groups in total. The van der Waals surface area contributed by atoms with Crippen molar-refractivity contribution in [2.24, 2.45) is 5.92 Å². The van der Waals surface area contributed by atoms with E-state index in [4.69, 9.17) is 0 Å². The van der Waals surface area contributed by atoms with Gasteiger partial charge in [-0.25, -0.2) is 9.07 Å². The number of carbonyl (C=O) groups excluding carboxylic acids is 2. The number of anilines is 1. The van der Waals surface area contributed by atoms with Crippen molar-refractivity contribution in [3.05, 3.63) is 41.8 Å². The highest BCUT2D eigenvalue weighted by atomic mass is 19.1. The summed E-state index contributed by atoms with van der Waals surface area (Å²) in [5.74, 6) is 0.609. The summed E-state index contributed by atoms with van der Waals surface area (Å²) in [5.41, 5.74) is 1.42. The quantitative estimate of drug-likeness (QED) is 0.807. The molecule has 0 atom stereocenters. The van der Waals surface area contributed by atoms with Gasteiger partial charge in [0, 0.05) is 38.7 Å². The molecule has 0 radical (unpaired) electrons. The van der Waals surface area contributed by atoms with Gasteiger partial charge >= 0.3 is 0 Å². The number of piperazine rings is 1. The number of amides is 2. The highest BCUT2D eigenvalue weighted by molar-refractivity contribution is 5.91. The third-order valence-electron chi connectivity index (χ3n) is 4.85. The first-order chi connectivity index (χ1) is 13.8. The van der Waals surface area contributed by atoms with Crippen molar-refractivity contribution in [1.82, 2.24) is 19.6 Å². The average molecular weight is 401 g/mol. The van der Waals surface area contributed by atoms with Crippen molar-refractivity contribution in [1.29, 1.82) is 0 Å². The number of hydrogen-bond donors (Lipinski definition) is 1. The van der Waals surface area contributed by atoms with E-state index in [1.807, 2.05) is 30.6 Å². The molecule has 29 heavy (non-hydrogen) atoms. The number of carbonyl (C=O) groups is 2. The van der Waals surface area contributed by atoms with Crippen LogP contribution in [0.2, 0.25) is 0 Å².